The van der Waals surface area contributed by atoms with E-state index in [1.54, 1.807) is 0 Å². The van der Waals surface area contributed by atoms with Crippen molar-refractivity contribution in [1.29, 1.82) is 0 Å². The molecule has 0 aliphatic rings. The van der Waals surface area contributed by atoms with Crippen molar-refractivity contribution >= 4 is 21.8 Å². The van der Waals surface area contributed by atoms with E-state index in [4.69, 9.17) is 0 Å². The first-order valence-electron chi connectivity index (χ1n) is 7.25. The van der Waals surface area contributed by atoms with Gasteiger partial charge in [0.25, 0.3) is 5.91 Å². The molecule has 0 aliphatic heterocycles. The molecule has 112 valence electrons. The van der Waals surface area contributed by atoms with Gasteiger partial charge in [-0.15, -0.1) is 0 Å². The summed E-state index contributed by atoms with van der Waals surface area (Å²) in [6.07, 6.45) is 2.95. The summed E-state index contributed by atoms with van der Waals surface area (Å²) in [4.78, 5) is 12.5. The second-order valence-corrected chi connectivity index (χ2v) is 6.20. The van der Waals surface area contributed by atoms with Gasteiger partial charge in [-0.3, -0.25) is 4.79 Å². The van der Waals surface area contributed by atoms with E-state index in [1.165, 1.54) is 5.56 Å². The van der Waals surface area contributed by atoms with Gasteiger partial charge in [0.2, 0.25) is 0 Å². The zero-order valence-electron chi connectivity index (χ0n) is 12.7. The Hall–Kier alpha value is -1.55. The number of halogens is 1. The predicted molar refractivity (Wildman–Crippen MR) is 89.5 cm³/mol. The molecule has 3 nitrogen and oxygen atoms in total. The summed E-state index contributed by atoms with van der Waals surface area (Å²) in [5.41, 5.74) is 3.04. The largest absolute Gasteiger partial charge is 0.344 e. The van der Waals surface area contributed by atoms with Crippen LogP contribution in [0.5, 0.6) is 0 Å². The Labute approximate surface area is 134 Å². The Bertz CT molecular complexity index is 633. The molecule has 2 aromatic rings. The Morgan fingerprint density at radius 2 is 2.10 bits per heavy atom. The summed E-state index contributed by atoms with van der Waals surface area (Å²) in [5, 5.41) is 3.08. The van der Waals surface area contributed by atoms with Gasteiger partial charge in [-0.1, -0.05) is 31.2 Å². The maximum atomic E-state index is 12.5. The van der Waals surface area contributed by atoms with Gasteiger partial charge in [0.15, 0.2) is 0 Å². The van der Waals surface area contributed by atoms with Crippen LogP contribution in [0.3, 0.4) is 0 Å². The molecule has 21 heavy (non-hydrogen) atoms. The van der Waals surface area contributed by atoms with E-state index in [1.807, 2.05) is 35.9 Å². The van der Waals surface area contributed by atoms with E-state index in [0.29, 0.717) is 5.69 Å². The first-order chi connectivity index (χ1) is 10.0. The van der Waals surface area contributed by atoms with E-state index in [9.17, 15) is 4.79 Å². The zero-order valence-corrected chi connectivity index (χ0v) is 14.3. The van der Waals surface area contributed by atoms with E-state index in [2.05, 4.69) is 47.2 Å². The second kappa shape index (κ2) is 6.94. The van der Waals surface area contributed by atoms with Crippen LogP contribution < -0.4 is 5.32 Å². The number of aryl methyl sites for hydroxylation is 2. The number of carbonyl (C=O) groups is 1. The highest BCUT2D eigenvalue weighted by molar-refractivity contribution is 9.10. The zero-order chi connectivity index (χ0) is 15.4. The smallest absolute Gasteiger partial charge is 0.268 e. The Morgan fingerprint density at radius 1 is 1.38 bits per heavy atom. The summed E-state index contributed by atoms with van der Waals surface area (Å²) in [6.45, 7) is 7.02. The number of nitrogens with one attached hydrogen (secondary N) is 1. The quantitative estimate of drug-likeness (QED) is 0.850. The standard InChI is InChI=1S/C17H21BrN2O/c1-4-9-20-11-14(18)10-16(20)17(21)19-13(3)15-8-6-5-7-12(15)2/h5-8,10-11,13H,4,9H2,1-3H3,(H,19,21). The molecule has 0 saturated carbocycles. The van der Waals surface area contributed by atoms with Crippen LogP contribution in [0, 0.1) is 6.92 Å². The number of aromatic nitrogens is 1. The van der Waals surface area contributed by atoms with Crippen LogP contribution in [-0.4, -0.2) is 10.5 Å². The Kier molecular flexibility index (Phi) is 5.23. The summed E-state index contributed by atoms with van der Waals surface area (Å²) < 4.78 is 2.92. The van der Waals surface area contributed by atoms with Crippen LogP contribution in [-0.2, 0) is 6.54 Å². The molecular weight excluding hydrogens is 328 g/mol. The predicted octanol–water partition coefficient (Wildman–Crippen LogP) is 4.46. The molecule has 0 spiro atoms. The molecule has 0 bridgehead atoms. The second-order valence-electron chi connectivity index (χ2n) is 5.29. The third kappa shape index (κ3) is 3.76. The first-order valence-corrected chi connectivity index (χ1v) is 8.04. The van der Waals surface area contributed by atoms with Crippen LogP contribution >= 0.6 is 15.9 Å². The lowest BCUT2D eigenvalue weighted by molar-refractivity contribution is 0.0930. The number of nitrogens with zero attached hydrogens (tertiary/aromatic N) is 1. The summed E-state index contributed by atoms with van der Waals surface area (Å²) >= 11 is 3.44. The maximum absolute atomic E-state index is 12.5. The Balaban J connectivity index is 2.16. The topological polar surface area (TPSA) is 34.0 Å². The van der Waals surface area contributed by atoms with Gasteiger partial charge in [0, 0.05) is 17.2 Å². The molecule has 1 amide bonds. The van der Waals surface area contributed by atoms with Crippen molar-refractivity contribution < 1.29 is 4.79 Å². The van der Waals surface area contributed by atoms with Crippen molar-refractivity contribution in [3.05, 3.63) is 57.8 Å². The summed E-state index contributed by atoms with van der Waals surface area (Å²) in [5.74, 6) is -0.0371. The van der Waals surface area contributed by atoms with Gasteiger partial charge in [-0.05, 0) is 53.4 Å². The molecule has 1 N–H and O–H groups in total. The van der Waals surface area contributed by atoms with Crippen molar-refractivity contribution in [3.63, 3.8) is 0 Å². The van der Waals surface area contributed by atoms with Gasteiger partial charge in [-0.2, -0.15) is 0 Å². The van der Waals surface area contributed by atoms with Gasteiger partial charge in [-0.25, -0.2) is 0 Å². The third-order valence-electron chi connectivity index (χ3n) is 3.56. The molecule has 0 radical (unpaired) electrons. The van der Waals surface area contributed by atoms with E-state index in [-0.39, 0.29) is 11.9 Å². The van der Waals surface area contributed by atoms with Gasteiger partial charge < -0.3 is 9.88 Å². The summed E-state index contributed by atoms with van der Waals surface area (Å²) in [7, 11) is 0. The fourth-order valence-corrected chi connectivity index (χ4v) is 2.98. The average molecular weight is 349 g/mol. The number of hydrogen-bond donors (Lipinski definition) is 1. The van der Waals surface area contributed by atoms with Gasteiger partial charge in [0.05, 0.1) is 6.04 Å². The number of amides is 1. The van der Waals surface area contributed by atoms with E-state index >= 15 is 0 Å². The van der Waals surface area contributed by atoms with Crippen LogP contribution in [0.1, 0.15) is 47.9 Å². The lowest BCUT2D eigenvalue weighted by atomic mass is 10.0. The Morgan fingerprint density at radius 3 is 2.76 bits per heavy atom. The normalized spacial score (nSPS) is 12.2. The van der Waals surface area contributed by atoms with Gasteiger partial charge >= 0.3 is 0 Å². The lowest BCUT2D eigenvalue weighted by Gasteiger charge is -2.17. The highest BCUT2D eigenvalue weighted by atomic mass is 79.9. The average Bonchev–Trinajstić information content (AvgIpc) is 2.80. The minimum absolute atomic E-state index is 0.0116. The summed E-state index contributed by atoms with van der Waals surface area (Å²) in [6, 6.07) is 9.99. The van der Waals surface area contributed by atoms with E-state index in [0.717, 1.165) is 23.0 Å². The monoisotopic (exact) mass is 348 g/mol. The molecule has 0 saturated heterocycles. The number of rotatable bonds is 5. The molecule has 1 heterocycles. The fraction of sp³-hybridized carbons (Fsp3) is 0.353. The number of benzene rings is 1. The highest BCUT2D eigenvalue weighted by Gasteiger charge is 2.16. The number of carbonyl (C=O) groups excluding carboxylic acids is 1. The van der Waals surface area contributed by atoms with Gasteiger partial charge in [0.1, 0.15) is 5.69 Å². The van der Waals surface area contributed by atoms with Crippen molar-refractivity contribution in [2.75, 3.05) is 0 Å². The van der Waals surface area contributed by atoms with Crippen LogP contribution in [0.4, 0.5) is 0 Å². The van der Waals surface area contributed by atoms with Crippen molar-refractivity contribution in [3.8, 4) is 0 Å². The van der Waals surface area contributed by atoms with Crippen LogP contribution in [0.25, 0.3) is 0 Å². The molecular formula is C17H21BrN2O. The minimum Gasteiger partial charge on any atom is -0.344 e. The first kappa shape index (κ1) is 15.8. The maximum Gasteiger partial charge on any atom is 0.268 e. The molecule has 1 unspecified atom stereocenters. The molecule has 0 fully saturated rings. The van der Waals surface area contributed by atoms with E-state index < -0.39 is 0 Å². The van der Waals surface area contributed by atoms with Crippen molar-refractivity contribution in [1.82, 2.24) is 9.88 Å². The molecule has 2 rings (SSSR count). The van der Waals surface area contributed by atoms with Crippen LogP contribution in [0.2, 0.25) is 0 Å². The van der Waals surface area contributed by atoms with Crippen molar-refractivity contribution in [2.24, 2.45) is 0 Å². The van der Waals surface area contributed by atoms with Crippen LogP contribution in [0.15, 0.2) is 41.0 Å². The lowest BCUT2D eigenvalue weighted by Crippen LogP contribution is -2.29. The van der Waals surface area contributed by atoms with Crippen molar-refractivity contribution in [2.45, 2.75) is 39.8 Å². The SMILES string of the molecule is CCCn1cc(Br)cc1C(=O)NC(C)c1ccccc1C. The third-order valence-corrected chi connectivity index (χ3v) is 4.00. The fourth-order valence-electron chi connectivity index (χ4n) is 2.51. The molecule has 4 heteroatoms. The molecule has 1 atom stereocenters. The molecule has 1 aromatic carbocycles. The molecule has 0 aliphatic carbocycles. The molecule has 1 aromatic heterocycles. The minimum atomic E-state index is -0.0371. The number of hydrogen-bond acceptors (Lipinski definition) is 1. The highest BCUT2D eigenvalue weighted by Crippen LogP contribution is 2.19.